The zero-order chi connectivity index (χ0) is 13.8. The molecule has 1 heterocycles. The van der Waals surface area contributed by atoms with Crippen LogP contribution in [0.25, 0.3) is 0 Å². The summed E-state index contributed by atoms with van der Waals surface area (Å²) in [6, 6.07) is 6.73. The lowest BCUT2D eigenvalue weighted by Crippen LogP contribution is -2.21. The van der Waals surface area contributed by atoms with E-state index in [1.54, 1.807) is 0 Å². The molecule has 0 fully saturated rings. The largest absolute Gasteiger partial charge is 0.406 e. The number of aryl methyl sites for hydroxylation is 1. The Kier molecular flexibility index (Phi) is 4.55. The smallest absolute Gasteiger partial charge is 0.320 e. The van der Waals surface area contributed by atoms with Gasteiger partial charge in [0.1, 0.15) is 0 Å². The molecule has 0 unspecified atom stereocenters. The highest BCUT2D eigenvalue weighted by Gasteiger charge is 2.09. The van der Waals surface area contributed by atoms with Gasteiger partial charge in [-0.2, -0.15) is 0 Å². The van der Waals surface area contributed by atoms with E-state index >= 15 is 0 Å². The van der Waals surface area contributed by atoms with Crippen molar-refractivity contribution in [2.24, 2.45) is 0 Å². The highest BCUT2D eigenvalue weighted by atomic mass is 79.9. The molecule has 0 bridgehead atoms. The van der Waals surface area contributed by atoms with Gasteiger partial charge in [0.2, 0.25) is 5.89 Å². The van der Waals surface area contributed by atoms with Crippen molar-refractivity contribution < 1.29 is 4.42 Å². The average molecular weight is 325 g/mol. The maximum Gasteiger partial charge on any atom is 0.320 e. The van der Waals surface area contributed by atoms with E-state index in [1.165, 1.54) is 0 Å². The lowest BCUT2D eigenvalue weighted by molar-refractivity contribution is 0.460. The molecule has 0 atom stereocenters. The van der Waals surface area contributed by atoms with Crippen molar-refractivity contribution in [1.82, 2.24) is 15.5 Å². The van der Waals surface area contributed by atoms with Gasteiger partial charge < -0.3 is 15.1 Å². The number of rotatable bonds is 5. The van der Waals surface area contributed by atoms with E-state index in [-0.39, 0.29) is 0 Å². The van der Waals surface area contributed by atoms with Crippen LogP contribution in [-0.4, -0.2) is 16.2 Å². The van der Waals surface area contributed by atoms with E-state index in [2.05, 4.69) is 50.6 Å². The van der Waals surface area contributed by atoms with Crippen molar-refractivity contribution in [3.63, 3.8) is 0 Å². The van der Waals surface area contributed by atoms with E-state index in [4.69, 9.17) is 4.42 Å². The Hall–Kier alpha value is -1.40. The minimum atomic E-state index is 0.384. The third-order valence-corrected chi connectivity index (χ3v) is 3.61. The van der Waals surface area contributed by atoms with Gasteiger partial charge in [0.05, 0.1) is 12.2 Å². The second-order valence-corrected chi connectivity index (χ2v) is 5.39. The molecule has 0 radical (unpaired) electrons. The molecule has 0 saturated carbocycles. The first-order valence-corrected chi connectivity index (χ1v) is 6.93. The van der Waals surface area contributed by atoms with Gasteiger partial charge in [-0.1, -0.05) is 31.1 Å². The van der Waals surface area contributed by atoms with E-state index in [0.717, 1.165) is 15.7 Å². The zero-order valence-electron chi connectivity index (χ0n) is 11.2. The van der Waals surface area contributed by atoms with Crippen molar-refractivity contribution in [2.45, 2.75) is 33.4 Å². The van der Waals surface area contributed by atoms with Gasteiger partial charge in [-0.25, -0.2) is 0 Å². The molecule has 5 nitrogen and oxygen atoms in total. The van der Waals surface area contributed by atoms with Crippen molar-refractivity contribution in [1.29, 1.82) is 0 Å². The Morgan fingerprint density at radius 3 is 2.84 bits per heavy atom. The molecule has 102 valence electrons. The van der Waals surface area contributed by atoms with E-state index < -0.39 is 0 Å². The number of aromatic nitrogens is 2. The number of nitrogens with one attached hydrogen (secondary N) is 2. The molecule has 0 saturated heterocycles. The first kappa shape index (κ1) is 14.0. The average Bonchev–Trinajstić information content (AvgIpc) is 2.80. The van der Waals surface area contributed by atoms with Gasteiger partial charge in [0.15, 0.2) is 0 Å². The first-order valence-electron chi connectivity index (χ1n) is 6.14. The molecule has 19 heavy (non-hydrogen) atoms. The van der Waals surface area contributed by atoms with Crippen LogP contribution in [0.4, 0.5) is 11.7 Å². The Morgan fingerprint density at radius 2 is 2.11 bits per heavy atom. The lowest BCUT2D eigenvalue weighted by Gasteiger charge is -2.06. The highest BCUT2D eigenvalue weighted by Crippen LogP contribution is 2.28. The predicted octanol–water partition coefficient (Wildman–Crippen LogP) is 3.38. The highest BCUT2D eigenvalue weighted by molar-refractivity contribution is 9.10. The molecule has 1 aromatic carbocycles. The van der Waals surface area contributed by atoms with Crippen LogP contribution < -0.4 is 10.6 Å². The van der Waals surface area contributed by atoms with Crippen LogP contribution in [0.3, 0.4) is 0 Å². The molecule has 2 N–H and O–H groups in total. The van der Waals surface area contributed by atoms with E-state index in [1.807, 2.05) is 25.1 Å². The van der Waals surface area contributed by atoms with Crippen LogP contribution in [0.15, 0.2) is 27.1 Å². The van der Waals surface area contributed by atoms with Crippen molar-refractivity contribution in [3.8, 4) is 0 Å². The molecule has 6 heteroatoms. The predicted molar refractivity (Wildman–Crippen MR) is 78.4 cm³/mol. The molecular formula is C13H17BrN4O. The van der Waals surface area contributed by atoms with Crippen LogP contribution in [0.1, 0.15) is 25.3 Å². The molecule has 2 rings (SSSR count). The van der Waals surface area contributed by atoms with Gasteiger partial charge in [0, 0.05) is 10.5 Å². The second kappa shape index (κ2) is 6.16. The fourth-order valence-electron chi connectivity index (χ4n) is 1.53. The Morgan fingerprint density at radius 1 is 1.32 bits per heavy atom. The summed E-state index contributed by atoms with van der Waals surface area (Å²) in [5, 5.41) is 14.3. The van der Waals surface area contributed by atoms with Crippen molar-refractivity contribution in [2.75, 3.05) is 5.32 Å². The van der Waals surface area contributed by atoms with Crippen LogP contribution in [0.2, 0.25) is 0 Å². The summed E-state index contributed by atoms with van der Waals surface area (Å²) in [6.07, 6.45) is 0. The Labute approximate surface area is 120 Å². The fraction of sp³-hybridized carbons (Fsp3) is 0.385. The van der Waals surface area contributed by atoms with Crippen LogP contribution in [-0.2, 0) is 6.54 Å². The third-order valence-electron chi connectivity index (χ3n) is 2.56. The van der Waals surface area contributed by atoms with Crippen molar-refractivity contribution >= 4 is 27.6 Å². The number of anilines is 2. The van der Waals surface area contributed by atoms with Gasteiger partial charge in [-0.15, -0.1) is 5.10 Å². The molecule has 1 aromatic heterocycles. The van der Waals surface area contributed by atoms with Gasteiger partial charge in [0.25, 0.3) is 0 Å². The number of nitrogens with zero attached hydrogens (tertiary/aromatic N) is 2. The summed E-state index contributed by atoms with van der Waals surface area (Å²) in [7, 11) is 0. The second-order valence-electron chi connectivity index (χ2n) is 4.60. The molecule has 0 spiro atoms. The quantitative estimate of drug-likeness (QED) is 0.882. The SMILES string of the molecule is Cc1cccc(Nc2nnc(CNC(C)C)o2)c1Br. The summed E-state index contributed by atoms with van der Waals surface area (Å²) in [5.41, 5.74) is 2.05. The van der Waals surface area contributed by atoms with Gasteiger partial charge >= 0.3 is 6.01 Å². The van der Waals surface area contributed by atoms with Gasteiger partial charge in [-0.3, -0.25) is 0 Å². The number of hydrogen-bond acceptors (Lipinski definition) is 5. The number of benzene rings is 1. The summed E-state index contributed by atoms with van der Waals surface area (Å²) >= 11 is 3.53. The summed E-state index contributed by atoms with van der Waals surface area (Å²) in [4.78, 5) is 0. The zero-order valence-corrected chi connectivity index (χ0v) is 12.8. The summed E-state index contributed by atoms with van der Waals surface area (Å²) in [6.45, 7) is 6.74. The van der Waals surface area contributed by atoms with E-state index in [0.29, 0.717) is 24.5 Å². The maximum absolute atomic E-state index is 5.52. The molecular weight excluding hydrogens is 308 g/mol. The number of hydrogen-bond donors (Lipinski definition) is 2. The molecule has 2 aromatic rings. The first-order chi connectivity index (χ1) is 9.06. The lowest BCUT2D eigenvalue weighted by atomic mass is 10.2. The normalized spacial score (nSPS) is 11.0. The van der Waals surface area contributed by atoms with Crippen molar-refractivity contribution in [3.05, 3.63) is 34.1 Å². The van der Waals surface area contributed by atoms with Gasteiger partial charge in [-0.05, 0) is 34.5 Å². The molecule has 0 aliphatic carbocycles. The minimum Gasteiger partial charge on any atom is -0.406 e. The third kappa shape index (κ3) is 3.78. The maximum atomic E-state index is 5.52. The topological polar surface area (TPSA) is 63.0 Å². The number of halogens is 1. The monoisotopic (exact) mass is 324 g/mol. The minimum absolute atomic E-state index is 0.384. The molecule has 0 amide bonds. The standard InChI is InChI=1S/C13H17BrN4O/c1-8(2)15-7-11-17-18-13(19-11)16-10-6-4-5-9(3)12(10)14/h4-6,8,15H,7H2,1-3H3,(H,16,18). The van der Waals surface area contributed by atoms with Crippen LogP contribution in [0, 0.1) is 6.92 Å². The van der Waals surface area contributed by atoms with E-state index in [9.17, 15) is 0 Å². The Bertz CT molecular complexity index is 553. The summed E-state index contributed by atoms with van der Waals surface area (Å²) < 4.78 is 6.51. The molecule has 0 aliphatic rings. The fourth-order valence-corrected chi connectivity index (χ4v) is 1.89. The molecule has 0 aliphatic heterocycles. The Balaban J connectivity index is 2.05. The van der Waals surface area contributed by atoms with Crippen LogP contribution >= 0.6 is 15.9 Å². The van der Waals surface area contributed by atoms with Crippen LogP contribution in [0.5, 0.6) is 0 Å². The summed E-state index contributed by atoms with van der Waals surface area (Å²) in [5.74, 6) is 0.569.